The first-order chi connectivity index (χ1) is 13.6. The van der Waals surface area contributed by atoms with Crippen LogP contribution >= 0.6 is 23.2 Å². The number of nitrogens with zero attached hydrogens (tertiary/aromatic N) is 1. The van der Waals surface area contributed by atoms with E-state index in [0.717, 1.165) is 11.1 Å². The topological polar surface area (TPSA) is 58.6 Å². The van der Waals surface area contributed by atoms with E-state index in [0.29, 0.717) is 27.9 Å². The summed E-state index contributed by atoms with van der Waals surface area (Å²) < 4.78 is 5.08. The zero-order valence-electron chi connectivity index (χ0n) is 17.3. The number of ether oxygens (including phenoxy) is 1. The molecule has 1 N–H and O–H groups in total. The second-order valence-electron chi connectivity index (χ2n) is 7.27. The molecule has 29 heavy (non-hydrogen) atoms. The van der Waals surface area contributed by atoms with E-state index in [2.05, 4.69) is 5.32 Å². The number of amides is 2. The molecule has 0 bridgehead atoms. The van der Waals surface area contributed by atoms with E-state index in [9.17, 15) is 9.59 Å². The van der Waals surface area contributed by atoms with Crippen molar-refractivity contribution in [3.63, 3.8) is 0 Å². The Balaban J connectivity index is 2.54. The van der Waals surface area contributed by atoms with Crippen LogP contribution in [0.15, 0.2) is 36.4 Å². The summed E-state index contributed by atoms with van der Waals surface area (Å²) in [5, 5.41) is 3.88. The van der Waals surface area contributed by atoms with E-state index in [1.54, 1.807) is 49.4 Å². The normalized spacial score (nSPS) is 12.0. The van der Waals surface area contributed by atoms with Crippen LogP contribution in [0, 0.1) is 5.92 Å². The van der Waals surface area contributed by atoms with Crippen LogP contribution in [-0.4, -0.2) is 38.6 Å². The maximum absolute atomic E-state index is 12.8. The van der Waals surface area contributed by atoms with Crippen molar-refractivity contribution in [1.29, 1.82) is 0 Å². The van der Waals surface area contributed by atoms with Crippen LogP contribution in [0.1, 0.15) is 31.1 Å². The maximum Gasteiger partial charge on any atom is 0.251 e. The van der Waals surface area contributed by atoms with Gasteiger partial charge in [0.15, 0.2) is 0 Å². The van der Waals surface area contributed by atoms with E-state index < -0.39 is 0 Å². The van der Waals surface area contributed by atoms with Crippen molar-refractivity contribution in [2.75, 3.05) is 25.7 Å². The van der Waals surface area contributed by atoms with Gasteiger partial charge in [0.1, 0.15) is 0 Å². The molecule has 0 aliphatic carbocycles. The van der Waals surface area contributed by atoms with Crippen molar-refractivity contribution in [3.05, 3.63) is 52.0 Å². The first-order valence-electron chi connectivity index (χ1n) is 9.32. The zero-order valence-corrected chi connectivity index (χ0v) is 18.8. The van der Waals surface area contributed by atoms with Gasteiger partial charge in [0, 0.05) is 53.0 Å². The SMILES string of the molecule is COCC(C)NC(=O)c1cc(-c2ccc(Cl)cc2Cl)cc(N(C)C(=O)C(C)C)c1. The second kappa shape index (κ2) is 10.1. The highest BCUT2D eigenvalue weighted by Crippen LogP contribution is 2.33. The third kappa shape index (κ3) is 5.95. The summed E-state index contributed by atoms with van der Waals surface area (Å²) in [4.78, 5) is 26.9. The molecule has 2 aromatic rings. The predicted molar refractivity (Wildman–Crippen MR) is 119 cm³/mol. The molecular weight excluding hydrogens is 411 g/mol. The summed E-state index contributed by atoms with van der Waals surface area (Å²) in [6.07, 6.45) is 0. The van der Waals surface area contributed by atoms with Crippen LogP contribution in [0.3, 0.4) is 0 Å². The van der Waals surface area contributed by atoms with E-state index in [4.69, 9.17) is 27.9 Å². The highest BCUT2D eigenvalue weighted by atomic mass is 35.5. The molecule has 2 amide bonds. The Kier molecular flexibility index (Phi) is 8.08. The van der Waals surface area contributed by atoms with Crippen molar-refractivity contribution in [1.82, 2.24) is 5.32 Å². The summed E-state index contributed by atoms with van der Waals surface area (Å²) in [6.45, 7) is 5.92. The van der Waals surface area contributed by atoms with Gasteiger partial charge in [-0.3, -0.25) is 9.59 Å². The molecule has 2 aromatic carbocycles. The number of benzene rings is 2. The Morgan fingerprint density at radius 2 is 1.79 bits per heavy atom. The molecule has 0 spiro atoms. The molecule has 156 valence electrons. The summed E-state index contributed by atoms with van der Waals surface area (Å²) in [5.74, 6) is -0.488. The molecule has 0 heterocycles. The van der Waals surface area contributed by atoms with Crippen molar-refractivity contribution in [2.24, 2.45) is 5.92 Å². The van der Waals surface area contributed by atoms with Crippen molar-refractivity contribution in [3.8, 4) is 11.1 Å². The number of carbonyl (C=O) groups excluding carboxylic acids is 2. The Bertz CT molecular complexity index is 900. The van der Waals surface area contributed by atoms with Gasteiger partial charge in [-0.15, -0.1) is 0 Å². The molecule has 2 rings (SSSR count). The number of hydrogen-bond donors (Lipinski definition) is 1. The van der Waals surface area contributed by atoms with Gasteiger partial charge in [-0.05, 0) is 42.8 Å². The lowest BCUT2D eigenvalue weighted by molar-refractivity contribution is -0.121. The van der Waals surface area contributed by atoms with Gasteiger partial charge in [0.05, 0.1) is 6.61 Å². The number of nitrogens with one attached hydrogen (secondary N) is 1. The molecule has 0 saturated heterocycles. The largest absolute Gasteiger partial charge is 0.383 e. The average molecular weight is 437 g/mol. The minimum Gasteiger partial charge on any atom is -0.383 e. The third-order valence-electron chi connectivity index (χ3n) is 4.43. The van der Waals surface area contributed by atoms with Crippen LogP contribution in [0.2, 0.25) is 10.0 Å². The molecule has 0 saturated carbocycles. The van der Waals surface area contributed by atoms with Crippen LogP contribution in [-0.2, 0) is 9.53 Å². The minimum absolute atomic E-state index is 0.0523. The standard InChI is InChI=1S/C22H26Cl2N2O3/c1-13(2)22(28)26(4)18-9-15(19-7-6-17(23)11-20(19)24)8-16(10-18)21(27)25-14(3)12-29-5/h6-11,13-14H,12H2,1-5H3,(H,25,27). The van der Waals surface area contributed by atoms with Gasteiger partial charge in [-0.1, -0.05) is 43.1 Å². The van der Waals surface area contributed by atoms with Crippen LogP contribution in [0.25, 0.3) is 11.1 Å². The highest BCUT2D eigenvalue weighted by molar-refractivity contribution is 6.36. The monoisotopic (exact) mass is 436 g/mol. The lowest BCUT2D eigenvalue weighted by Gasteiger charge is -2.22. The molecular formula is C22H26Cl2N2O3. The second-order valence-corrected chi connectivity index (χ2v) is 8.12. The molecule has 7 heteroatoms. The van der Waals surface area contributed by atoms with Gasteiger partial charge >= 0.3 is 0 Å². The van der Waals surface area contributed by atoms with Crippen molar-refractivity contribution in [2.45, 2.75) is 26.8 Å². The number of halogens is 2. The van der Waals surface area contributed by atoms with Gasteiger partial charge in [-0.2, -0.15) is 0 Å². The first kappa shape index (κ1) is 23.2. The number of anilines is 1. The van der Waals surface area contributed by atoms with E-state index in [-0.39, 0.29) is 23.8 Å². The molecule has 0 fully saturated rings. The molecule has 5 nitrogen and oxygen atoms in total. The Labute approximate surface area is 181 Å². The smallest absolute Gasteiger partial charge is 0.251 e. The summed E-state index contributed by atoms with van der Waals surface area (Å²) in [7, 11) is 3.27. The number of rotatable bonds is 7. The van der Waals surface area contributed by atoms with E-state index in [1.165, 1.54) is 0 Å². The predicted octanol–water partition coefficient (Wildman–Crippen LogP) is 5.04. The van der Waals surface area contributed by atoms with Gasteiger partial charge in [0.25, 0.3) is 5.91 Å². The van der Waals surface area contributed by atoms with Gasteiger partial charge in [0.2, 0.25) is 5.91 Å². The van der Waals surface area contributed by atoms with E-state index >= 15 is 0 Å². The lowest BCUT2D eigenvalue weighted by Crippen LogP contribution is -2.36. The zero-order chi connectivity index (χ0) is 21.7. The fourth-order valence-corrected chi connectivity index (χ4v) is 3.45. The maximum atomic E-state index is 12.8. The minimum atomic E-state index is -0.256. The Hall–Kier alpha value is -2.08. The van der Waals surface area contributed by atoms with Gasteiger partial charge in [-0.25, -0.2) is 0 Å². The summed E-state index contributed by atoms with van der Waals surface area (Å²) in [6, 6.07) is 10.3. The molecule has 0 radical (unpaired) electrons. The van der Waals surface area contributed by atoms with Crippen molar-refractivity contribution >= 4 is 40.7 Å². The molecule has 1 unspecified atom stereocenters. The number of hydrogen-bond acceptors (Lipinski definition) is 3. The van der Waals surface area contributed by atoms with Crippen LogP contribution in [0.5, 0.6) is 0 Å². The molecule has 0 aromatic heterocycles. The fourth-order valence-electron chi connectivity index (χ4n) is 2.93. The van der Waals surface area contributed by atoms with Crippen LogP contribution < -0.4 is 10.2 Å². The third-order valence-corrected chi connectivity index (χ3v) is 4.98. The first-order valence-corrected chi connectivity index (χ1v) is 10.1. The van der Waals surface area contributed by atoms with Crippen molar-refractivity contribution < 1.29 is 14.3 Å². The summed E-state index contributed by atoms with van der Waals surface area (Å²) >= 11 is 12.4. The van der Waals surface area contributed by atoms with E-state index in [1.807, 2.05) is 26.8 Å². The average Bonchev–Trinajstić information content (AvgIpc) is 2.66. The number of methoxy groups -OCH3 is 1. The Morgan fingerprint density at radius 3 is 2.38 bits per heavy atom. The molecule has 1 atom stereocenters. The Morgan fingerprint density at radius 1 is 1.10 bits per heavy atom. The quantitative estimate of drug-likeness (QED) is 0.660. The van der Waals surface area contributed by atoms with Gasteiger partial charge < -0.3 is 15.0 Å². The highest BCUT2D eigenvalue weighted by Gasteiger charge is 2.19. The molecule has 0 aliphatic heterocycles. The lowest BCUT2D eigenvalue weighted by atomic mass is 10.0. The molecule has 0 aliphatic rings. The van der Waals surface area contributed by atoms with Crippen LogP contribution in [0.4, 0.5) is 5.69 Å². The number of carbonyl (C=O) groups is 2. The fraction of sp³-hybridized carbons (Fsp3) is 0.364. The summed E-state index contributed by atoms with van der Waals surface area (Å²) in [5.41, 5.74) is 2.48.